The normalized spacial score (nSPS) is 22.6. The lowest BCUT2D eigenvalue weighted by Gasteiger charge is -2.24. The Hall–Kier alpha value is -0.620. The maximum atomic E-state index is 11.6. The van der Waals surface area contributed by atoms with Gasteiger partial charge in [0.25, 0.3) is 0 Å². The van der Waals surface area contributed by atoms with E-state index in [2.05, 4.69) is 5.32 Å². The van der Waals surface area contributed by atoms with Crippen molar-refractivity contribution in [2.45, 2.75) is 44.7 Å². The highest BCUT2D eigenvalue weighted by Crippen LogP contribution is 2.12. The Morgan fingerprint density at radius 3 is 2.50 bits per heavy atom. The van der Waals surface area contributed by atoms with E-state index in [-0.39, 0.29) is 23.5 Å². The lowest BCUT2D eigenvalue weighted by Crippen LogP contribution is -2.47. The summed E-state index contributed by atoms with van der Waals surface area (Å²) in [6, 6.07) is -0.498. The van der Waals surface area contributed by atoms with Crippen molar-refractivity contribution in [3.8, 4) is 0 Å². The number of nitrogens with two attached hydrogens (primary N) is 1. The van der Waals surface area contributed by atoms with Crippen LogP contribution in [0.15, 0.2) is 0 Å². The number of amides is 1. The molecule has 0 aromatic rings. The SMILES string of the molecule is CCC[C@@H](N)C(=O)NC1CCS(=O)(=O)CC1. The van der Waals surface area contributed by atoms with E-state index in [1.165, 1.54) is 0 Å². The van der Waals surface area contributed by atoms with Crippen molar-refractivity contribution in [2.75, 3.05) is 11.5 Å². The number of rotatable bonds is 4. The first-order valence-electron chi connectivity index (χ1n) is 5.71. The molecule has 3 N–H and O–H groups in total. The molecule has 1 rings (SSSR count). The fourth-order valence-electron chi connectivity index (χ4n) is 1.78. The summed E-state index contributed by atoms with van der Waals surface area (Å²) in [5.41, 5.74) is 5.67. The van der Waals surface area contributed by atoms with Crippen LogP contribution in [0.25, 0.3) is 0 Å². The molecular weight excluding hydrogens is 228 g/mol. The van der Waals surface area contributed by atoms with Crippen LogP contribution in [0.2, 0.25) is 0 Å². The summed E-state index contributed by atoms with van der Waals surface area (Å²) < 4.78 is 22.4. The molecule has 1 aliphatic heterocycles. The molecule has 1 saturated heterocycles. The second-order valence-corrected chi connectivity index (χ2v) is 6.63. The van der Waals surface area contributed by atoms with Crippen LogP contribution in [0.5, 0.6) is 0 Å². The number of carbonyl (C=O) groups is 1. The molecule has 1 fully saturated rings. The molecular formula is C10H20N2O3S. The monoisotopic (exact) mass is 248 g/mol. The van der Waals surface area contributed by atoms with Gasteiger partial charge < -0.3 is 11.1 Å². The van der Waals surface area contributed by atoms with Crippen molar-refractivity contribution in [1.29, 1.82) is 0 Å². The lowest BCUT2D eigenvalue weighted by molar-refractivity contribution is -0.123. The molecule has 1 atom stereocenters. The Kier molecular flexibility index (Phi) is 4.73. The van der Waals surface area contributed by atoms with Gasteiger partial charge in [0.1, 0.15) is 9.84 Å². The van der Waals surface area contributed by atoms with Crippen molar-refractivity contribution >= 4 is 15.7 Å². The van der Waals surface area contributed by atoms with Crippen LogP contribution in [0.4, 0.5) is 0 Å². The van der Waals surface area contributed by atoms with Crippen molar-refractivity contribution in [2.24, 2.45) is 5.73 Å². The number of nitrogens with one attached hydrogen (secondary N) is 1. The zero-order valence-corrected chi connectivity index (χ0v) is 10.4. The third-order valence-corrected chi connectivity index (χ3v) is 4.55. The fourth-order valence-corrected chi connectivity index (χ4v) is 3.28. The molecule has 0 spiro atoms. The molecule has 1 aliphatic rings. The highest BCUT2D eigenvalue weighted by Gasteiger charge is 2.25. The zero-order chi connectivity index (χ0) is 12.2. The Bertz CT molecular complexity index is 326. The zero-order valence-electron chi connectivity index (χ0n) is 9.61. The van der Waals surface area contributed by atoms with Crippen LogP contribution >= 0.6 is 0 Å². The van der Waals surface area contributed by atoms with Crippen LogP contribution in [-0.2, 0) is 14.6 Å². The van der Waals surface area contributed by atoms with Gasteiger partial charge in [0, 0.05) is 6.04 Å². The van der Waals surface area contributed by atoms with Crippen molar-refractivity contribution in [3.63, 3.8) is 0 Å². The standard InChI is InChI=1S/C10H20N2O3S/c1-2-3-9(11)10(13)12-8-4-6-16(14,15)7-5-8/h8-9H,2-7,11H2,1H3,(H,12,13)/t9-/m1/s1. The van der Waals surface area contributed by atoms with Gasteiger partial charge in [-0.2, -0.15) is 0 Å². The summed E-state index contributed by atoms with van der Waals surface area (Å²) in [4.78, 5) is 11.6. The maximum Gasteiger partial charge on any atom is 0.237 e. The van der Waals surface area contributed by atoms with Gasteiger partial charge in [0.2, 0.25) is 5.91 Å². The molecule has 6 heteroatoms. The number of carbonyl (C=O) groups excluding carboxylic acids is 1. The Labute approximate surface area is 96.7 Å². The van der Waals surface area contributed by atoms with Gasteiger partial charge in [0.05, 0.1) is 17.5 Å². The van der Waals surface area contributed by atoms with E-state index in [1.54, 1.807) is 0 Å². The largest absolute Gasteiger partial charge is 0.352 e. The van der Waals surface area contributed by atoms with Crippen molar-refractivity contribution in [3.05, 3.63) is 0 Å². The van der Waals surface area contributed by atoms with Crippen molar-refractivity contribution < 1.29 is 13.2 Å². The summed E-state index contributed by atoms with van der Waals surface area (Å²) in [5, 5.41) is 2.81. The van der Waals surface area contributed by atoms with Crippen LogP contribution < -0.4 is 11.1 Å². The minimum absolute atomic E-state index is 0.0288. The first kappa shape index (κ1) is 13.4. The van der Waals surface area contributed by atoms with Gasteiger partial charge in [-0.15, -0.1) is 0 Å². The molecule has 0 unspecified atom stereocenters. The van der Waals surface area contributed by atoms with Crippen LogP contribution in [-0.4, -0.2) is 37.9 Å². The summed E-state index contributed by atoms with van der Waals surface area (Å²) in [6.07, 6.45) is 2.55. The highest BCUT2D eigenvalue weighted by atomic mass is 32.2. The highest BCUT2D eigenvalue weighted by molar-refractivity contribution is 7.91. The second kappa shape index (κ2) is 5.63. The Balaban J connectivity index is 2.36. The first-order chi connectivity index (χ1) is 7.44. The van der Waals surface area contributed by atoms with E-state index in [4.69, 9.17) is 5.73 Å². The molecule has 0 bridgehead atoms. The first-order valence-corrected chi connectivity index (χ1v) is 7.53. The van der Waals surface area contributed by atoms with Gasteiger partial charge in [-0.25, -0.2) is 8.42 Å². The molecule has 0 radical (unpaired) electrons. The van der Waals surface area contributed by atoms with Crippen LogP contribution in [0.3, 0.4) is 0 Å². The molecule has 5 nitrogen and oxygen atoms in total. The summed E-state index contributed by atoms with van der Waals surface area (Å²) in [5.74, 6) is 0.174. The Morgan fingerprint density at radius 2 is 2.00 bits per heavy atom. The van der Waals surface area contributed by atoms with Gasteiger partial charge in [-0.3, -0.25) is 4.79 Å². The summed E-state index contributed by atoms with van der Waals surface area (Å²) in [6.45, 7) is 1.97. The smallest absolute Gasteiger partial charge is 0.237 e. The fraction of sp³-hybridized carbons (Fsp3) is 0.900. The van der Waals surface area contributed by atoms with Gasteiger partial charge >= 0.3 is 0 Å². The molecule has 0 saturated carbocycles. The molecule has 0 aromatic heterocycles. The minimum atomic E-state index is -2.86. The Morgan fingerprint density at radius 1 is 1.44 bits per heavy atom. The van der Waals surface area contributed by atoms with Crippen LogP contribution in [0.1, 0.15) is 32.6 Å². The molecule has 1 amide bonds. The van der Waals surface area contributed by atoms with E-state index >= 15 is 0 Å². The van der Waals surface area contributed by atoms with Crippen LogP contribution in [0, 0.1) is 0 Å². The second-order valence-electron chi connectivity index (χ2n) is 4.33. The average molecular weight is 248 g/mol. The lowest BCUT2D eigenvalue weighted by atomic mass is 10.1. The minimum Gasteiger partial charge on any atom is -0.352 e. The molecule has 94 valence electrons. The average Bonchev–Trinajstić information content (AvgIpc) is 2.21. The molecule has 0 aliphatic carbocycles. The third-order valence-electron chi connectivity index (χ3n) is 2.84. The molecule has 1 heterocycles. The van der Waals surface area contributed by atoms with Gasteiger partial charge in [0.15, 0.2) is 0 Å². The molecule has 16 heavy (non-hydrogen) atoms. The molecule has 0 aromatic carbocycles. The quantitative estimate of drug-likeness (QED) is 0.721. The number of hydrogen-bond donors (Lipinski definition) is 2. The topological polar surface area (TPSA) is 89.3 Å². The predicted octanol–water partition coefficient (Wildman–Crippen LogP) is -0.193. The van der Waals surface area contributed by atoms with E-state index in [9.17, 15) is 13.2 Å². The maximum absolute atomic E-state index is 11.6. The van der Waals surface area contributed by atoms with E-state index in [1.807, 2.05) is 6.92 Å². The summed E-state index contributed by atoms with van der Waals surface area (Å²) in [7, 11) is -2.86. The van der Waals surface area contributed by atoms with Gasteiger partial charge in [-0.1, -0.05) is 13.3 Å². The van der Waals surface area contributed by atoms with E-state index in [0.29, 0.717) is 19.3 Å². The number of hydrogen-bond acceptors (Lipinski definition) is 4. The third kappa shape index (κ3) is 4.09. The summed E-state index contributed by atoms with van der Waals surface area (Å²) >= 11 is 0. The van der Waals surface area contributed by atoms with E-state index < -0.39 is 15.9 Å². The van der Waals surface area contributed by atoms with Crippen molar-refractivity contribution in [1.82, 2.24) is 5.32 Å². The van der Waals surface area contributed by atoms with Gasteiger partial charge in [-0.05, 0) is 19.3 Å². The van der Waals surface area contributed by atoms with E-state index in [0.717, 1.165) is 6.42 Å². The number of sulfone groups is 1. The predicted molar refractivity (Wildman–Crippen MR) is 62.7 cm³/mol.